The molecule has 0 amide bonds. The van der Waals surface area contributed by atoms with Crippen LogP contribution in [0.1, 0.15) is 24.0 Å². The summed E-state index contributed by atoms with van der Waals surface area (Å²) in [6.07, 6.45) is 2.60. The normalized spacial score (nSPS) is 11.8. The Hall–Kier alpha value is -1.45. The van der Waals surface area contributed by atoms with Crippen molar-refractivity contribution in [3.8, 4) is 0 Å². The minimum Gasteiger partial charge on any atom is -0.349 e. The number of rotatable bonds is 7. The summed E-state index contributed by atoms with van der Waals surface area (Å²) >= 11 is 1.21. The van der Waals surface area contributed by atoms with Crippen molar-refractivity contribution in [3.05, 3.63) is 23.0 Å². The molecular formula is C12H19N5O2S2. The predicted molar refractivity (Wildman–Crippen MR) is 82.9 cm³/mol. The van der Waals surface area contributed by atoms with Crippen molar-refractivity contribution in [3.63, 3.8) is 0 Å². The molecule has 2 rings (SSSR count). The van der Waals surface area contributed by atoms with Crippen molar-refractivity contribution >= 4 is 26.5 Å². The van der Waals surface area contributed by atoms with Gasteiger partial charge >= 0.3 is 0 Å². The topological polar surface area (TPSA) is 88.9 Å². The Balaban J connectivity index is 2.28. The maximum absolute atomic E-state index is 12.4. The first-order valence-corrected chi connectivity index (χ1v) is 8.92. The predicted octanol–water partition coefficient (Wildman–Crippen LogP) is 1.58. The van der Waals surface area contributed by atoms with Crippen LogP contribution in [0.25, 0.3) is 0 Å². The molecule has 0 aliphatic carbocycles. The van der Waals surface area contributed by atoms with Gasteiger partial charge in [-0.25, -0.2) is 8.42 Å². The third kappa shape index (κ3) is 3.80. The van der Waals surface area contributed by atoms with Gasteiger partial charge in [0.05, 0.1) is 0 Å². The van der Waals surface area contributed by atoms with E-state index in [4.69, 9.17) is 0 Å². The molecule has 2 aromatic heterocycles. The van der Waals surface area contributed by atoms with Gasteiger partial charge in [0.2, 0.25) is 5.13 Å². The number of hydrogen-bond acceptors (Lipinski definition) is 6. The summed E-state index contributed by atoms with van der Waals surface area (Å²) in [5, 5.41) is 11.6. The van der Waals surface area contributed by atoms with Gasteiger partial charge in [-0.3, -0.25) is 4.72 Å². The first kappa shape index (κ1) is 15.9. The van der Waals surface area contributed by atoms with Crippen LogP contribution < -0.4 is 10.0 Å². The van der Waals surface area contributed by atoms with Crippen molar-refractivity contribution in [1.82, 2.24) is 20.1 Å². The molecule has 2 N–H and O–H groups in total. The number of aryl methyl sites for hydroxylation is 2. The number of nitrogens with one attached hydrogen (secondary N) is 2. The van der Waals surface area contributed by atoms with Gasteiger partial charge in [-0.2, -0.15) is 0 Å². The number of anilines is 1. The summed E-state index contributed by atoms with van der Waals surface area (Å²) < 4.78 is 29.2. The van der Waals surface area contributed by atoms with Gasteiger partial charge in [-0.05, 0) is 26.5 Å². The summed E-state index contributed by atoms with van der Waals surface area (Å²) in [6, 6.07) is 1.68. The average molecular weight is 329 g/mol. The van der Waals surface area contributed by atoms with E-state index in [2.05, 4.69) is 27.2 Å². The smallest absolute Gasteiger partial charge is 0.265 e. The molecule has 7 nitrogen and oxygen atoms in total. The highest BCUT2D eigenvalue weighted by atomic mass is 32.2. The molecule has 0 aliphatic heterocycles. The van der Waals surface area contributed by atoms with Crippen LogP contribution in [0.4, 0.5) is 5.13 Å². The van der Waals surface area contributed by atoms with E-state index in [1.165, 1.54) is 11.3 Å². The fraction of sp³-hybridized carbons (Fsp3) is 0.500. The van der Waals surface area contributed by atoms with Gasteiger partial charge in [-0.15, -0.1) is 10.2 Å². The van der Waals surface area contributed by atoms with Gasteiger partial charge in [0.25, 0.3) is 10.0 Å². The lowest BCUT2D eigenvalue weighted by molar-refractivity contribution is 0.599. The van der Waals surface area contributed by atoms with E-state index < -0.39 is 10.0 Å². The summed E-state index contributed by atoms with van der Waals surface area (Å²) in [5.41, 5.74) is 0.938. The third-order valence-corrected chi connectivity index (χ3v) is 5.03. The molecule has 0 aliphatic rings. The molecule has 0 spiro atoms. The van der Waals surface area contributed by atoms with E-state index in [1.54, 1.807) is 19.2 Å². The van der Waals surface area contributed by atoms with Gasteiger partial charge < -0.3 is 9.88 Å². The second kappa shape index (κ2) is 6.54. The standard InChI is InChI=1S/C12H19N5O2S2/c1-4-5-17-8-11(6-10(17)7-13-3)21(18,19)16-12-15-14-9(2)20-12/h6,8,13H,4-5,7H2,1-3H3,(H,15,16). The molecule has 0 saturated carbocycles. The Kier molecular flexibility index (Phi) is 4.96. The summed E-state index contributed by atoms with van der Waals surface area (Å²) in [5.74, 6) is 0. The zero-order chi connectivity index (χ0) is 15.5. The molecule has 0 unspecified atom stereocenters. The van der Waals surface area contributed by atoms with Crippen LogP contribution in [0.15, 0.2) is 17.2 Å². The minimum atomic E-state index is -3.63. The highest BCUT2D eigenvalue weighted by molar-refractivity contribution is 7.93. The van der Waals surface area contributed by atoms with E-state index in [0.29, 0.717) is 11.6 Å². The molecular weight excluding hydrogens is 310 g/mol. The third-order valence-electron chi connectivity index (χ3n) is 2.84. The Labute approximate surface area is 128 Å². The van der Waals surface area contributed by atoms with Crippen LogP contribution in [0.2, 0.25) is 0 Å². The number of nitrogens with zero attached hydrogens (tertiary/aromatic N) is 3. The Bertz CT molecular complexity index is 682. The van der Waals surface area contributed by atoms with Gasteiger partial charge in [0, 0.05) is 25.0 Å². The van der Waals surface area contributed by atoms with E-state index in [0.717, 1.165) is 18.7 Å². The lowest BCUT2D eigenvalue weighted by Gasteiger charge is -2.06. The zero-order valence-electron chi connectivity index (χ0n) is 12.3. The second-order valence-corrected chi connectivity index (χ2v) is 7.49. The first-order valence-electron chi connectivity index (χ1n) is 6.63. The molecule has 0 radical (unpaired) electrons. The molecule has 9 heteroatoms. The second-order valence-electron chi connectivity index (χ2n) is 4.62. The molecule has 21 heavy (non-hydrogen) atoms. The maximum atomic E-state index is 12.4. The van der Waals surface area contributed by atoms with E-state index in [-0.39, 0.29) is 10.0 Å². The molecule has 2 aromatic rings. The van der Waals surface area contributed by atoms with E-state index in [9.17, 15) is 8.42 Å². The summed E-state index contributed by atoms with van der Waals surface area (Å²) in [7, 11) is -1.80. The van der Waals surface area contributed by atoms with Gasteiger partial charge in [0.1, 0.15) is 9.90 Å². The largest absolute Gasteiger partial charge is 0.349 e. The molecule has 0 atom stereocenters. The van der Waals surface area contributed by atoms with Crippen LogP contribution in [0, 0.1) is 6.92 Å². The molecule has 2 heterocycles. The van der Waals surface area contributed by atoms with Crippen LogP contribution >= 0.6 is 11.3 Å². The van der Waals surface area contributed by atoms with Crippen LogP contribution in [0.5, 0.6) is 0 Å². The quantitative estimate of drug-likeness (QED) is 0.805. The van der Waals surface area contributed by atoms with Crippen molar-refractivity contribution in [2.75, 3.05) is 11.8 Å². The maximum Gasteiger partial charge on any atom is 0.265 e. The molecule has 0 fully saturated rings. The molecule has 0 aromatic carbocycles. The van der Waals surface area contributed by atoms with Crippen LogP contribution in [0.3, 0.4) is 0 Å². The van der Waals surface area contributed by atoms with Gasteiger partial charge in [0.15, 0.2) is 0 Å². The van der Waals surface area contributed by atoms with Crippen LogP contribution in [-0.4, -0.2) is 30.2 Å². The molecule has 116 valence electrons. The van der Waals surface area contributed by atoms with Crippen molar-refractivity contribution < 1.29 is 8.42 Å². The lowest BCUT2D eigenvalue weighted by atomic mass is 10.4. The highest BCUT2D eigenvalue weighted by Gasteiger charge is 2.20. The SMILES string of the molecule is CCCn1cc(S(=O)(=O)Nc2nnc(C)s2)cc1CNC. The fourth-order valence-electron chi connectivity index (χ4n) is 1.96. The first-order chi connectivity index (χ1) is 9.96. The fourth-order valence-corrected chi connectivity index (χ4v) is 3.85. The zero-order valence-corrected chi connectivity index (χ0v) is 13.9. The van der Waals surface area contributed by atoms with Crippen molar-refractivity contribution in [2.24, 2.45) is 0 Å². The number of sulfonamides is 1. The Morgan fingerprint density at radius 3 is 2.71 bits per heavy atom. The monoisotopic (exact) mass is 329 g/mol. The van der Waals surface area contributed by atoms with E-state index >= 15 is 0 Å². The van der Waals surface area contributed by atoms with E-state index in [1.807, 2.05) is 11.6 Å². The Morgan fingerprint density at radius 2 is 2.14 bits per heavy atom. The van der Waals surface area contributed by atoms with Crippen molar-refractivity contribution in [2.45, 2.75) is 38.3 Å². The number of hydrogen-bond donors (Lipinski definition) is 2. The molecule has 0 bridgehead atoms. The highest BCUT2D eigenvalue weighted by Crippen LogP contribution is 2.21. The lowest BCUT2D eigenvalue weighted by Crippen LogP contribution is -2.12. The average Bonchev–Trinajstić information content (AvgIpc) is 2.98. The number of aromatic nitrogens is 3. The van der Waals surface area contributed by atoms with Crippen molar-refractivity contribution in [1.29, 1.82) is 0 Å². The van der Waals surface area contributed by atoms with Crippen LogP contribution in [-0.2, 0) is 23.1 Å². The summed E-state index contributed by atoms with van der Waals surface area (Å²) in [4.78, 5) is 0.244. The molecule has 0 saturated heterocycles. The summed E-state index contributed by atoms with van der Waals surface area (Å²) in [6.45, 7) is 5.23. The van der Waals surface area contributed by atoms with Gasteiger partial charge in [-0.1, -0.05) is 18.3 Å². The Morgan fingerprint density at radius 1 is 1.38 bits per heavy atom. The minimum absolute atomic E-state index is 0.244.